The lowest BCUT2D eigenvalue weighted by molar-refractivity contribution is -0.129. The van der Waals surface area contributed by atoms with Crippen LogP contribution in [0.1, 0.15) is 27.0 Å². The Hall–Kier alpha value is -4.63. The molecule has 2 heterocycles. The molecule has 1 amide bonds. The van der Waals surface area contributed by atoms with E-state index in [-0.39, 0.29) is 18.7 Å². The number of carbonyl (C=O) groups excluding carboxylic acids is 2. The van der Waals surface area contributed by atoms with Crippen LogP contribution in [0.15, 0.2) is 90.2 Å². The van der Waals surface area contributed by atoms with Crippen molar-refractivity contribution in [3.8, 4) is 27.8 Å². The molecule has 1 N–H and O–H groups in total. The van der Waals surface area contributed by atoms with Crippen molar-refractivity contribution in [2.24, 2.45) is 0 Å². The fourth-order valence-corrected chi connectivity index (χ4v) is 5.67. The number of aryl methyl sites for hydroxylation is 1. The molecule has 1 aliphatic rings. The number of aromatic nitrogens is 1. The van der Waals surface area contributed by atoms with Gasteiger partial charge >= 0.3 is 0 Å². The van der Waals surface area contributed by atoms with Crippen molar-refractivity contribution < 1.29 is 28.9 Å². The largest absolute Gasteiger partial charge is 0.503 e. The smallest absolute Gasteiger partial charge is 0.290 e. The second-order valence-electron chi connectivity index (χ2n) is 9.09. The molecule has 1 aliphatic heterocycles. The number of nitrogens with zero attached hydrogens (tertiary/aromatic N) is 2. The molecule has 1 aromatic heterocycles. The van der Waals surface area contributed by atoms with E-state index in [9.17, 15) is 14.7 Å². The lowest BCUT2D eigenvalue weighted by Gasteiger charge is -2.27. The molecule has 0 aliphatic carbocycles. The van der Waals surface area contributed by atoms with Crippen LogP contribution >= 0.6 is 11.3 Å². The first kappa shape index (κ1) is 27.0. The molecular formula is C31H28N2O6S. The van der Waals surface area contributed by atoms with Crippen LogP contribution in [0.4, 0.5) is 0 Å². The minimum atomic E-state index is -0.837. The van der Waals surface area contributed by atoms with E-state index >= 15 is 0 Å². The highest BCUT2D eigenvalue weighted by Gasteiger charge is 2.44. The van der Waals surface area contributed by atoms with Gasteiger partial charge in [0.15, 0.2) is 5.76 Å². The number of ketones is 1. The van der Waals surface area contributed by atoms with Crippen molar-refractivity contribution in [2.75, 3.05) is 27.4 Å². The quantitative estimate of drug-likeness (QED) is 0.247. The zero-order valence-corrected chi connectivity index (χ0v) is 23.1. The summed E-state index contributed by atoms with van der Waals surface area (Å²) in [7, 11) is 3.13. The maximum absolute atomic E-state index is 14.0. The number of Topliss-reactive ketones (excluding diaryl/α,β-unsaturated/α-hetero) is 1. The summed E-state index contributed by atoms with van der Waals surface area (Å²) in [5, 5.41) is 11.8. The third-order valence-corrected chi connectivity index (χ3v) is 7.85. The van der Waals surface area contributed by atoms with Gasteiger partial charge in [-0.3, -0.25) is 9.59 Å². The molecule has 1 unspecified atom stereocenters. The fourth-order valence-electron chi connectivity index (χ4n) is 4.64. The summed E-state index contributed by atoms with van der Waals surface area (Å²) in [6.07, 6.45) is 0. The third-order valence-electron chi connectivity index (χ3n) is 6.64. The van der Waals surface area contributed by atoms with E-state index in [1.54, 1.807) is 69.7 Å². The Morgan fingerprint density at radius 3 is 2.35 bits per heavy atom. The molecule has 3 aromatic carbocycles. The number of thiazole rings is 1. The number of hydrogen-bond donors (Lipinski definition) is 1. The van der Waals surface area contributed by atoms with Crippen molar-refractivity contribution in [3.63, 3.8) is 0 Å². The van der Waals surface area contributed by atoms with E-state index in [1.807, 2.05) is 30.3 Å². The first-order valence-corrected chi connectivity index (χ1v) is 13.5. The summed E-state index contributed by atoms with van der Waals surface area (Å²) in [5.41, 5.74) is 2.06. The molecule has 8 nitrogen and oxygen atoms in total. The number of aliphatic hydroxyl groups excluding tert-OH is 1. The van der Waals surface area contributed by atoms with Gasteiger partial charge in [0.05, 0.1) is 43.0 Å². The van der Waals surface area contributed by atoms with Gasteiger partial charge in [-0.15, -0.1) is 11.3 Å². The highest BCUT2D eigenvalue weighted by Crippen LogP contribution is 2.41. The second kappa shape index (κ2) is 11.6. The molecule has 9 heteroatoms. The molecule has 1 atom stereocenters. The second-order valence-corrected chi connectivity index (χ2v) is 10.1. The van der Waals surface area contributed by atoms with Crippen LogP contribution in [0, 0.1) is 6.92 Å². The van der Waals surface area contributed by atoms with Gasteiger partial charge in [0.1, 0.15) is 28.9 Å². The highest BCUT2D eigenvalue weighted by atomic mass is 32.1. The number of ether oxygens (including phenoxy) is 3. The van der Waals surface area contributed by atoms with Gasteiger partial charge in [0.25, 0.3) is 5.91 Å². The summed E-state index contributed by atoms with van der Waals surface area (Å²) < 4.78 is 16.4. The fraction of sp³-hybridized carbons (Fsp3) is 0.194. The van der Waals surface area contributed by atoms with Gasteiger partial charge in [-0.05, 0) is 48.9 Å². The van der Waals surface area contributed by atoms with E-state index in [1.165, 1.54) is 16.2 Å². The SMILES string of the molecule is COc1ccc(OCCN2C(=O)C(O)=C(C(=O)c3sc(-c4ccccc4)nc3C)C2c2cccc(OC)c2)cc1. The van der Waals surface area contributed by atoms with Gasteiger partial charge in [-0.2, -0.15) is 0 Å². The average Bonchev–Trinajstić information content (AvgIpc) is 3.50. The Balaban J connectivity index is 1.47. The van der Waals surface area contributed by atoms with E-state index < -0.39 is 23.5 Å². The van der Waals surface area contributed by atoms with Crippen LogP contribution in [-0.2, 0) is 4.79 Å². The normalized spacial score (nSPS) is 14.9. The molecule has 0 spiro atoms. The van der Waals surface area contributed by atoms with Crippen molar-refractivity contribution in [3.05, 3.63) is 106 Å². The lowest BCUT2D eigenvalue weighted by Crippen LogP contribution is -2.34. The molecule has 0 saturated carbocycles. The number of benzene rings is 3. The van der Waals surface area contributed by atoms with Crippen LogP contribution in [-0.4, -0.2) is 54.1 Å². The minimum absolute atomic E-state index is 0.00839. The molecule has 0 saturated heterocycles. The predicted molar refractivity (Wildman–Crippen MR) is 152 cm³/mol. The predicted octanol–water partition coefficient (Wildman–Crippen LogP) is 5.79. The van der Waals surface area contributed by atoms with Gasteiger partial charge in [0, 0.05) is 5.56 Å². The standard InChI is InChI=1S/C31H28N2O6S/c1-19-29(40-30(32-19)20-8-5-4-6-9-20)27(34)25-26(21-10-7-11-24(18-21)38-3)33(31(36)28(25)35)16-17-39-23-14-12-22(37-2)13-15-23/h4-15,18,26,35H,16-17H2,1-3H3. The number of hydrogen-bond acceptors (Lipinski definition) is 8. The summed E-state index contributed by atoms with van der Waals surface area (Å²) in [6.45, 7) is 2.03. The number of methoxy groups -OCH3 is 2. The molecule has 40 heavy (non-hydrogen) atoms. The molecule has 5 rings (SSSR count). The molecule has 204 valence electrons. The minimum Gasteiger partial charge on any atom is -0.503 e. The zero-order chi connectivity index (χ0) is 28.2. The van der Waals surface area contributed by atoms with Crippen LogP contribution in [0.3, 0.4) is 0 Å². The Kier molecular flexibility index (Phi) is 7.84. The molecule has 4 aromatic rings. The van der Waals surface area contributed by atoms with E-state index in [0.29, 0.717) is 38.4 Å². The Morgan fingerprint density at radius 1 is 0.950 bits per heavy atom. The van der Waals surface area contributed by atoms with E-state index in [0.717, 1.165) is 5.56 Å². The van der Waals surface area contributed by atoms with Crippen molar-refractivity contribution in [1.29, 1.82) is 0 Å². The van der Waals surface area contributed by atoms with Gasteiger partial charge in [0.2, 0.25) is 5.78 Å². The maximum atomic E-state index is 14.0. The number of carbonyl (C=O) groups is 2. The molecule has 0 fully saturated rings. The molecule has 0 bridgehead atoms. The van der Waals surface area contributed by atoms with Crippen LogP contribution in [0.5, 0.6) is 17.2 Å². The van der Waals surface area contributed by atoms with Gasteiger partial charge in [-0.25, -0.2) is 4.98 Å². The number of aliphatic hydroxyl groups is 1. The third kappa shape index (κ3) is 5.28. The van der Waals surface area contributed by atoms with Crippen molar-refractivity contribution >= 4 is 23.0 Å². The topological polar surface area (TPSA) is 98.2 Å². The van der Waals surface area contributed by atoms with Crippen molar-refractivity contribution in [1.82, 2.24) is 9.88 Å². The van der Waals surface area contributed by atoms with E-state index in [2.05, 4.69) is 4.98 Å². The van der Waals surface area contributed by atoms with Crippen LogP contribution in [0.25, 0.3) is 10.6 Å². The molecule has 0 radical (unpaired) electrons. The summed E-state index contributed by atoms with van der Waals surface area (Å²) in [4.78, 5) is 33.8. The van der Waals surface area contributed by atoms with Crippen LogP contribution < -0.4 is 14.2 Å². The Morgan fingerprint density at radius 2 is 1.65 bits per heavy atom. The lowest BCUT2D eigenvalue weighted by atomic mass is 9.95. The van der Waals surface area contributed by atoms with E-state index in [4.69, 9.17) is 14.2 Å². The average molecular weight is 557 g/mol. The Bertz CT molecular complexity index is 1560. The van der Waals surface area contributed by atoms with Gasteiger partial charge in [-0.1, -0.05) is 42.5 Å². The number of rotatable bonds is 10. The number of amides is 1. The molecular weight excluding hydrogens is 528 g/mol. The first-order chi connectivity index (χ1) is 19.4. The highest BCUT2D eigenvalue weighted by molar-refractivity contribution is 7.17. The summed E-state index contributed by atoms with van der Waals surface area (Å²) in [5.74, 6) is 0.224. The summed E-state index contributed by atoms with van der Waals surface area (Å²) in [6, 6.07) is 23.0. The van der Waals surface area contributed by atoms with Gasteiger partial charge < -0.3 is 24.2 Å². The maximum Gasteiger partial charge on any atom is 0.290 e. The zero-order valence-electron chi connectivity index (χ0n) is 22.3. The Labute approximate surface area is 236 Å². The van der Waals surface area contributed by atoms with Crippen LogP contribution in [0.2, 0.25) is 0 Å². The van der Waals surface area contributed by atoms with Crippen molar-refractivity contribution in [2.45, 2.75) is 13.0 Å². The first-order valence-electron chi connectivity index (χ1n) is 12.6. The summed E-state index contributed by atoms with van der Waals surface area (Å²) >= 11 is 1.24. The monoisotopic (exact) mass is 556 g/mol.